The molecule has 1 aromatic rings. The summed E-state index contributed by atoms with van der Waals surface area (Å²) in [4.78, 5) is 13.1. The normalized spacial score (nSPS) is 10.3. The average molecular weight is 296 g/mol. The van der Waals surface area contributed by atoms with Gasteiger partial charge < -0.3 is 10.2 Å². The fraction of sp³-hybridized carbons (Fsp3) is 0.643. The molecule has 0 spiro atoms. The number of hydrogen-bond acceptors (Lipinski definition) is 5. The largest absolute Gasteiger partial charge is 0.369 e. The summed E-state index contributed by atoms with van der Waals surface area (Å²) in [6.07, 6.45) is 7.09. The van der Waals surface area contributed by atoms with Crippen LogP contribution in [-0.2, 0) is 0 Å². The van der Waals surface area contributed by atoms with E-state index >= 15 is 0 Å². The summed E-state index contributed by atoms with van der Waals surface area (Å²) in [7, 11) is 3.40. The van der Waals surface area contributed by atoms with E-state index in [2.05, 4.69) is 21.8 Å². The number of thioether (sulfide) groups is 1. The van der Waals surface area contributed by atoms with Gasteiger partial charge in [-0.05, 0) is 37.0 Å². The Hall–Kier alpha value is -1.30. The third kappa shape index (κ3) is 6.23. The summed E-state index contributed by atoms with van der Waals surface area (Å²) in [5, 5.41) is 11.2. The van der Waals surface area contributed by atoms with Gasteiger partial charge in [0.15, 0.2) is 5.69 Å². The van der Waals surface area contributed by atoms with Gasteiger partial charge in [-0.3, -0.25) is 4.79 Å². The topological polar surface area (TPSA) is 58.1 Å². The SMILES string of the molecule is CSCCCCCCNc1ccc(C(=O)N(C)C)nn1. The van der Waals surface area contributed by atoms with Crippen LogP contribution < -0.4 is 5.32 Å². The molecule has 0 radical (unpaired) electrons. The molecule has 112 valence electrons. The molecule has 1 heterocycles. The van der Waals surface area contributed by atoms with Crippen molar-refractivity contribution < 1.29 is 4.79 Å². The second kappa shape index (κ2) is 9.58. The van der Waals surface area contributed by atoms with Crippen molar-refractivity contribution in [2.24, 2.45) is 0 Å². The van der Waals surface area contributed by atoms with E-state index in [0.29, 0.717) is 5.69 Å². The van der Waals surface area contributed by atoms with Crippen molar-refractivity contribution in [3.63, 3.8) is 0 Å². The van der Waals surface area contributed by atoms with E-state index in [4.69, 9.17) is 0 Å². The Balaban J connectivity index is 2.23. The fourth-order valence-corrected chi connectivity index (χ4v) is 2.20. The van der Waals surface area contributed by atoms with Crippen LogP contribution in [0, 0.1) is 0 Å². The highest BCUT2D eigenvalue weighted by atomic mass is 32.2. The highest BCUT2D eigenvalue weighted by Gasteiger charge is 2.09. The zero-order valence-corrected chi connectivity index (χ0v) is 13.4. The maximum Gasteiger partial charge on any atom is 0.273 e. The maximum absolute atomic E-state index is 11.6. The fourth-order valence-electron chi connectivity index (χ4n) is 1.71. The molecule has 0 aliphatic carbocycles. The number of unbranched alkanes of at least 4 members (excludes halogenated alkanes) is 3. The number of carbonyl (C=O) groups is 1. The first kappa shape index (κ1) is 16.8. The predicted octanol–water partition coefficient (Wildman–Crippen LogP) is 2.51. The number of hydrogen-bond donors (Lipinski definition) is 1. The maximum atomic E-state index is 11.6. The van der Waals surface area contributed by atoms with Gasteiger partial charge in [0.2, 0.25) is 0 Å². The molecule has 0 saturated heterocycles. The van der Waals surface area contributed by atoms with Crippen LogP contribution >= 0.6 is 11.8 Å². The second-order valence-corrected chi connectivity index (χ2v) is 5.82. The molecule has 0 saturated carbocycles. The number of nitrogens with zero attached hydrogens (tertiary/aromatic N) is 3. The van der Waals surface area contributed by atoms with Gasteiger partial charge in [0.25, 0.3) is 5.91 Å². The Morgan fingerprint density at radius 2 is 1.95 bits per heavy atom. The van der Waals surface area contributed by atoms with Crippen LogP contribution in [-0.4, -0.2) is 53.7 Å². The Bertz CT molecular complexity index is 395. The molecule has 0 fully saturated rings. The third-order valence-corrected chi connectivity index (χ3v) is 3.57. The molecule has 1 N–H and O–H groups in total. The molecule has 0 aliphatic rings. The number of amides is 1. The molecule has 1 aromatic heterocycles. The lowest BCUT2D eigenvalue weighted by Crippen LogP contribution is -2.23. The number of anilines is 1. The van der Waals surface area contributed by atoms with Gasteiger partial charge in [0, 0.05) is 20.6 Å². The lowest BCUT2D eigenvalue weighted by atomic mass is 10.2. The zero-order chi connectivity index (χ0) is 14.8. The van der Waals surface area contributed by atoms with Gasteiger partial charge in [0.05, 0.1) is 0 Å². The summed E-state index contributed by atoms with van der Waals surface area (Å²) < 4.78 is 0. The van der Waals surface area contributed by atoms with Crippen LogP contribution in [0.15, 0.2) is 12.1 Å². The molecule has 0 bridgehead atoms. The second-order valence-electron chi connectivity index (χ2n) is 4.84. The highest BCUT2D eigenvalue weighted by molar-refractivity contribution is 7.98. The zero-order valence-electron chi connectivity index (χ0n) is 12.6. The van der Waals surface area contributed by atoms with Crippen LogP contribution in [0.3, 0.4) is 0 Å². The molecule has 0 aromatic carbocycles. The Labute approximate surface area is 125 Å². The first-order chi connectivity index (χ1) is 9.65. The smallest absolute Gasteiger partial charge is 0.273 e. The van der Waals surface area contributed by atoms with Gasteiger partial charge >= 0.3 is 0 Å². The molecule has 0 atom stereocenters. The number of nitrogens with one attached hydrogen (secondary N) is 1. The minimum Gasteiger partial charge on any atom is -0.369 e. The minimum absolute atomic E-state index is 0.127. The average Bonchev–Trinajstić information content (AvgIpc) is 2.46. The Morgan fingerprint density at radius 3 is 2.55 bits per heavy atom. The van der Waals surface area contributed by atoms with Gasteiger partial charge in [-0.25, -0.2) is 0 Å². The van der Waals surface area contributed by atoms with E-state index in [1.807, 2.05) is 11.8 Å². The Morgan fingerprint density at radius 1 is 1.20 bits per heavy atom. The molecule has 1 amide bonds. The van der Waals surface area contributed by atoms with E-state index < -0.39 is 0 Å². The van der Waals surface area contributed by atoms with E-state index in [0.717, 1.165) is 18.8 Å². The third-order valence-electron chi connectivity index (χ3n) is 2.87. The monoisotopic (exact) mass is 296 g/mol. The van der Waals surface area contributed by atoms with E-state index in [1.165, 1.54) is 29.9 Å². The quantitative estimate of drug-likeness (QED) is 0.710. The molecular weight excluding hydrogens is 272 g/mol. The van der Waals surface area contributed by atoms with Gasteiger partial charge in [-0.2, -0.15) is 11.8 Å². The number of rotatable bonds is 9. The van der Waals surface area contributed by atoms with Gasteiger partial charge in [0.1, 0.15) is 5.82 Å². The molecule has 6 heteroatoms. The van der Waals surface area contributed by atoms with E-state index in [9.17, 15) is 4.79 Å². The van der Waals surface area contributed by atoms with Crippen LogP contribution in [0.25, 0.3) is 0 Å². The molecule has 5 nitrogen and oxygen atoms in total. The van der Waals surface area contributed by atoms with Crippen molar-refractivity contribution >= 4 is 23.5 Å². The van der Waals surface area contributed by atoms with Crippen LogP contribution in [0.4, 0.5) is 5.82 Å². The van der Waals surface area contributed by atoms with Crippen molar-refractivity contribution in [1.82, 2.24) is 15.1 Å². The number of aromatic nitrogens is 2. The lowest BCUT2D eigenvalue weighted by molar-refractivity contribution is 0.0821. The summed E-state index contributed by atoms with van der Waals surface area (Å²) >= 11 is 1.90. The van der Waals surface area contributed by atoms with E-state index in [-0.39, 0.29) is 5.91 Å². The van der Waals surface area contributed by atoms with Crippen molar-refractivity contribution in [2.75, 3.05) is 38.0 Å². The lowest BCUT2D eigenvalue weighted by Gasteiger charge is -2.09. The Kier molecular flexibility index (Phi) is 8.02. The first-order valence-electron chi connectivity index (χ1n) is 6.93. The molecule has 20 heavy (non-hydrogen) atoms. The standard InChI is InChI=1S/C14H24N4OS/c1-18(2)14(19)12-8-9-13(17-16-12)15-10-6-4-5-7-11-20-3/h8-9H,4-7,10-11H2,1-3H3,(H,15,17). The van der Waals surface area contributed by atoms with Crippen LogP contribution in [0.2, 0.25) is 0 Å². The first-order valence-corrected chi connectivity index (χ1v) is 8.32. The van der Waals surface area contributed by atoms with Crippen molar-refractivity contribution in [2.45, 2.75) is 25.7 Å². The molecular formula is C14H24N4OS. The minimum atomic E-state index is -0.127. The van der Waals surface area contributed by atoms with Crippen molar-refractivity contribution in [3.8, 4) is 0 Å². The van der Waals surface area contributed by atoms with Crippen LogP contribution in [0.5, 0.6) is 0 Å². The summed E-state index contributed by atoms with van der Waals surface area (Å²) in [6.45, 7) is 0.898. The molecule has 0 unspecified atom stereocenters. The summed E-state index contributed by atoms with van der Waals surface area (Å²) in [5.41, 5.74) is 0.373. The van der Waals surface area contributed by atoms with Gasteiger partial charge in [-0.15, -0.1) is 10.2 Å². The molecule has 0 aliphatic heterocycles. The van der Waals surface area contributed by atoms with Crippen molar-refractivity contribution in [3.05, 3.63) is 17.8 Å². The predicted molar refractivity (Wildman–Crippen MR) is 85.4 cm³/mol. The number of carbonyl (C=O) groups excluding carboxylic acids is 1. The van der Waals surface area contributed by atoms with Crippen LogP contribution in [0.1, 0.15) is 36.2 Å². The molecule has 1 rings (SSSR count). The van der Waals surface area contributed by atoms with Gasteiger partial charge in [-0.1, -0.05) is 12.8 Å². The van der Waals surface area contributed by atoms with E-state index in [1.54, 1.807) is 26.2 Å². The highest BCUT2D eigenvalue weighted by Crippen LogP contribution is 2.07. The van der Waals surface area contributed by atoms with Crippen molar-refractivity contribution in [1.29, 1.82) is 0 Å². The summed E-state index contributed by atoms with van der Waals surface area (Å²) in [6, 6.07) is 3.51. The summed E-state index contributed by atoms with van der Waals surface area (Å²) in [5.74, 6) is 1.85.